The number of hydrogen-bond acceptors (Lipinski definition) is 3. The van der Waals surface area contributed by atoms with E-state index in [1.165, 1.54) is 25.9 Å². The van der Waals surface area contributed by atoms with Gasteiger partial charge in [0.25, 0.3) is 0 Å². The van der Waals surface area contributed by atoms with E-state index in [1.807, 2.05) is 0 Å². The number of aliphatic hydroxyl groups excluding tert-OH is 1. The van der Waals surface area contributed by atoms with Gasteiger partial charge in [-0.1, -0.05) is 13.3 Å². The Balaban J connectivity index is 2.15. The molecule has 3 heteroatoms. The lowest BCUT2D eigenvalue weighted by atomic mass is 9.96. The molecule has 0 amide bonds. The second-order valence-electron chi connectivity index (χ2n) is 5.41. The molecule has 1 fully saturated rings. The molecule has 0 bridgehead atoms. The summed E-state index contributed by atoms with van der Waals surface area (Å²) >= 11 is 0. The van der Waals surface area contributed by atoms with Gasteiger partial charge in [-0.25, -0.2) is 0 Å². The lowest BCUT2D eigenvalue weighted by Gasteiger charge is -2.32. The summed E-state index contributed by atoms with van der Waals surface area (Å²) in [5, 5.41) is 9.74. The molecule has 0 aromatic rings. The van der Waals surface area contributed by atoms with Crippen LogP contribution >= 0.6 is 0 Å². The average Bonchev–Trinajstić information content (AvgIpc) is 2.21. The van der Waals surface area contributed by atoms with Crippen LogP contribution in [0.25, 0.3) is 0 Å². The summed E-state index contributed by atoms with van der Waals surface area (Å²) in [6, 6.07) is 0. The quantitative estimate of drug-likeness (QED) is 0.745. The Hall–Kier alpha value is -0.120. The van der Waals surface area contributed by atoms with E-state index in [-0.39, 0.29) is 6.10 Å². The molecular weight excluding hydrogens is 200 g/mol. The zero-order valence-corrected chi connectivity index (χ0v) is 11.2. The third-order valence-electron chi connectivity index (χ3n) is 3.55. The van der Waals surface area contributed by atoms with Crippen molar-refractivity contribution in [1.29, 1.82) is 0 Å². The van der Waals surface area contributed by atoms with Gasteiger partial charge in [0.05, 0.1) is 6.10 Å². The van der Waals surface area contributed by atoms with Gasteiger partial charge in [-0.15, -0.1) is 0 Å². The molecule has 0 radical (unpaired) electrons. The van der Waals surface area contributed by atoms with Gasteiger partial charge in [0, 0.05) is 13.1 Å². The molecule has 0 saturated carbocycles. The van der Waals surface area contributed by atoms with Crippen LogP contribution in [0, 0.1) is 5.92 Å². The maximum Gasteiger partial charge on any atom is 0.0666 e. The first-order chi connectivity index (χ1) is 7.61. The first kappa shape index (κ1) is 13.9. The highest BCUT2D eigenvalue weighted by atomic mass is 16.3. The van der Waals surface area contributed by atoms with Gasteiger partial charge in [-0.05, 0) is 52.4 Å². The fraction of sp³-hybridized carbons (Fsp3) is 1.00. The molecule has 1 aliphatic heterocycles. The molecular formula is C13H28N2O. The van der Waals surface area contributed by atoms with Crippen LogP contribution in [0.1, 0.15) is 32.6 Å². The molecule has 1 rings (SSSR count). The molecule has 0 aromatic heterocycles. The largest absolute Gasteiger partial charge is 0.392 e. The zero-order chi connectivity index (χ0) is 12.0. The lowest BCUT2D eigenvalue weighted by Crippen LogP contribution is -2.38. The molecule has 1 heterocycles. The fourth-order valence-corrected chi connectivity index (χ4v) is 2.54. The average molecular weight is 228 g/mol. The number of nitrogens with zero attached hydrogens (tertiary/aromatic N) is 2. The molecule has 16 heavy (non-hydrogen) atoms. The summed E-state index contributed by atoms with van der Waals surface area (Å²) in [5.41, 5.74) is 0. The van der Waals surface area contributed by atoms with Gasteiger partial charge in [0.15, 0.2) is 0 Å². The molecule has 1 saturated heterocycles. The topological polar surface area (TPSA) is 26.7 Å². The summed E-state index contributed by atoms with van der Waals surface area (Å²) in [6.45, 7) is 6.57. The van der Waals surface area contributed by atoms with Gasteiger partial charge in [0.1, 0.15) is 0 Å². The standard InChI is InChI=1S/C13H28N2O/c1-4-5-13(16)11-15(3)10-12-6-8-14(2)9-7-12/h12-13,16H,4-11H2,1-3H3. The molecule has 0 aliphatic carbocycles. The molecule has 3 nitrogen and oxygen atoms in total. The van der Waals surface area contributed by atoms with Crippen molar-refractivity contribution in [3.63, 3.8) is 0 Å². The van der Waals surface area contributed by atoms with Gasteiger partial charge < -0.3 is 14.9 Å². The van der Waals surface area contributed by atoms with Crippen LogP contribution in [0.15, 0.2) is 0 Å². The van der Waals surface area contributed by atoms with Crippen LogP contribution in [-0.4, -0.2) is 61.3 Å². The van der Waals surface area contributed by atoms with Crippen molar-refractivity contribution in [3.05, 3.63) is 0 Å². The monoisotopic (exact) mass is 228 g/mol. The Morgan fingerprint density at radius 2 is 2.00 bits per heavy atom. The minimum atomic E-state index is -0.138. The van der Waals surface area contributed by atoms with E-state index in [0.29, 0.717) is 0 Å². The second kappa shape index (κ2) is 7.25. The molecule has 1 unspecified atom stereocenters. The van der Waals surface area contributed by atoms with Gasteiger partial charge in [0.2, 0.25) is 0 Å². The maximum atomic E-state index is 9.74. The lowest BCUT2D eigenvalue weighted by molar-refractivity contribution is 0.0992. The summed E-state index contributed by atoms with van der Waals surface area (Å²) in [4.78, 5) is 4.71. The number of likely N-dealkylation sites (N-methyl/N-ethyl adjacent to an activating group) is 1. The SMILES string of the molecule is CCCC(O)CN(C)CC1CCN(C)CC1. The van der Waals surface area contributed by atoms with Crippen LogP contribution in [0.3, 0.4) is 0 Å². The number of aliphatic hydroxyl groups is 1. The summed E-state index contributed by atoms with van der Waals surface area (Å²) in [5.74, 6) is 0.829. The Bertz CT molecular complexity index is 179. The van der Waals surface area contributed by atoms with Crippen molar-refractivity contribution in [1.82, 2.24) is 9.80 Å². The maximum absolute atomic E-state index is 9.74. The van der Waals surface area contributed by atoms with Crippen LogP contribution in [0.2, 0.25) is 0 Å². The molecule has 1 atom stereocenters. The van der Waals surface area contributed by atoms with Gasteiger partial charge in [-0.3, -0.25) is 0 Å². The predicted molar refractivity (Wildman–Crippen MR) is 68.6 cm³/mol. The van der Waals surface area contributed by atoms with Crippen LogP contribution in [0.4, 0.5) is 0 Å². The van der Waals surface area contributed by atoms with E-state index in [4.69, 9.17) is 0 Å². The van der Waals surface area contributed by atoms with E-state index in [0.717, 1.165) is 31.8 Å². The Labute approximate surface area is 100 Å². The normalized spacial score (nSPS) is 21.6. The molecule has 1 N–H and O–H groups in total. The molecule has 1 aliphatic rings. The van der Waals surface area contributed by atoms with E-state index < -0.39 is 0 Å². The first-order valence-electron chi connectivity index (χ1n) is 6.67. The summed E-state index contributed by atoms with van der Waals surface area (Å²) in [7, 11) is 4.34. The number of piperidine rings is 1. The van der Waals surface area contributed by atoms with Crippen molar-refractivity contribution in [3.8, 4) is 0 Å². The second-order valence-corrected chi connectivity index (χ2v) is 5.41. The van der Waals surface area contributed by atoms with E-state index >= 15 is 0 Å². The summed E-state index contributed by atoms with van der Waals surface area (Å²) in [6.07, 6.45) is 4.48. The van der Waals surface area contributed by atoms with E-state index in [1.54, 1.807) is 0 Å². The zero-order valence-electron chi connectivity index (χ0n) is 11.2. The Kier molecular flexibility index (Phi) is 6.32. The highest BCUT2D eigenvalue weighted by molar-refractivity contribution is 4.73. The van der Waals surface area contributed by atoms with E-state index in [2.05, 4.69) is 30.8 Å². The van der Waals surface area contributed by atoms with Crippen molar-refractivity contribution < 1.29 is 5.11 Å². The Morgan fingerprint density at radius 1 is 1.38 bits per heavy atom. The fourth-order valence-electron chi connectivity index (χ4n) is 2.54. The highest BCUT2D eigenvalue weighted by Gasteiger charge is 2.18. The third-order valence-corrected chi connectivity index (χ3v) is 3.55. The number of hydrogen-bond donors (Lipinski definition) is 1. The van der Waals surface area contributed by atoms with Gasteiger partial charge in [-0.2, -0.15) is 0 Å². The third kappa shape index (κ3) is 5.28. The predicted octanol–water partition coefficient (Wildman–Crippen LogP) is 1.42. The van der Waals surface area contributed by atoms with Crippen molar-refractivity contribution >= 4 is 0 Å². The minimum Gasteiger partial charge on any atom is -0.392 e. The highest BCUT2D eigenvalue weighted by Crippen LogP contribution is 2.16. The minimum absolute atomic E-state index is 0.138. The Morgan fingerprint density at radius 3 is 2.56 bits per heavy atom. The van der Waals surface area contributed by atoms with Crippen LogP contribution in [-0.2, 0) is 0 Å². The molecule has 0 spiro atoms. The van der Waals surface area contributed by atoms with Crippen molar-refractivity contribution in [2.45, 2.75) is 38.7 Å². The van der Waals surface area contributed by atoms with Crippen LogP contribution in [0.5, 0.6) is 0 Å². The summed E-state index contributed by atoms with van der Waals surface area (Å²) < 4.78 is 0. The van der Waals surface area contributed by atoms with E-state index in [9.17, 15) is 5.11 Å². The van der Waals surface area contributed by atoms with Crippen molar-refractivity contribution in [2.24, 2.45) is 5.92 Å². The molecule has 96 valence electrons. The van der Waals surface area contributed by atoms with Crippen molar-refractivity contribution in [2.75, 3.05) is 40.3 Å². The number of likely N-dealkylation sites (tertiary alicyclic amines) is 1. The number of rotatable bonds is 6. The van der Waals surface area contributed by atoms with Crippen LogP contribution < -0.4 is 0 Å². The van der Waals surface area contributed by atoms with Gasteiger partial charge >= 0.3 is 0 Å². The smallest absolute Gasteiger partial charge is 0.0666 e. The molecule has 0 aromatic carbocycles. The first-order valence-corrected chi connectivity index (χ1v) is 6.67.